The number of rotatable bonds is 7. The van der Waals surface area contributed by atoms with Crippen LogP contribution in [0.25, 0.3) is 0 Å². The third kappa shape index (κ3) is 5.81. The number of nitro benzene ring substituents is 2. The van der Waals surface area contributed by atoms with Crippen molar-refractivity contribution in [2.75, 3.05) is 11.9 Å². The number of anilines is 1. The van der Waals surface area contributed by atoms with Crippen LogP contribution >= 0.6 is 0 Å². The predicted octanol–water partition coefficient (Wildman–Crippen LogP) is 3.04. The van der Waals surface area contributed by atoms with E-state index >= 15 is 0 Å². The summed E-state index contributed by atoms with van der Waals surface area (Å²) in [6.45, 7) is -1.53. The average molecular weight is 441 g/mol. The van der Waals surface area contributed by atoms with Gasteiger partial charge in [0.05, 0.1) is 21.5 Å². The second kappa shape index (κ2) is 8.98. The molecule has 31 heavy (non-hydrogen) atoms. The number of nitrogens with one attached hydrogen (secondary N) is 1. The molecule has 1 N–H and O–H groups in total. The van der Waals surface area contributed by atoms with Gasteiger partial charge < -0.3 is 10.1 Å². The highest BCUT2D eigenvalue weighted by Gasteiger charge is 2.39. The molecule has 2 aromatic rings. The Morgan fingerprint density at radius 2 is 1.68 bits per heavy atom. The first-order valence-corrected chi connectivity index (χ1v) is 8.01. The molecule has 0 atom stereocenters. The summed E-state index contributed by atoms with van der Waals surface area (Å²) in [7, 11) is 0. The third-order valence-electron chi connectivity index (χ3n) is 3.64. The van der Waals surface area contributed by atoms with Crippen LogP contribution in [0.1, 0.15) is 20.7 Å². The molecule has 0 aromatic heterocycles. The van der Waals surface area contributed by atoms with E-state index in [-0.39, 0.29) is 11.3 Å². The summed E-state index contributed by atoms with van der Waals surface area (Å²) in [6, 6.07) is 6.95. The third-order valence-corrected chi connectivity index (χ3v) is 3.64. The molecule has 0 aliphatic heterocycles. The quantitative estimate of drug-likeness (QED) is 0.390. The van der Waals surface area contributed by atoms with Gasteiger partial charge in [-0.05, 0) is 24.3 Å². The van der Waals surface area contributed by atoms with Gasteiger partial charge in [0.1, 0.15) is 5.56 Å². The van der Waals surface area contributed by atoms with E-state index in [1.807, 2.05) is 0 Å². The highest BCUT2D eigenvalue weighted by Crippen LogP contribution is 2.26. The van der Waals surface area contributed by atoms with Gasteiger partial charge >= 0.3 is 12.1 Å². The lowest BCUT2D eigenvalue weighted by Gasteiger charge is -2.09. The van der Waals surface area contributed by atoms with E-state index in [0.29, 0.717) is 6.07 Å². The summed E-state index contributed by atoms with van der Waals surface area (Å²) in [5.74, 6) is -4.59. The smallest absolute Gasteiger partial charge is 0.453 e. The second-order valence-corrected chi connectivity index (χ2v) is 5.75. The van der Waals surface area contributed by atoms with Crippen molar-refractivity contribution in [3.63, 3.8) is 0 Å². The van der Waals surface area contributed by atoms with Crippen LogP contribution in [-0.2, 0) is 9.53 Å². The fraction of sp³-hybridized carbons (Fsp3) is 0.118. The molecule has 1 amide bonds. The van der Waals surface area contributed by atoms with Crippen molar-refractivity contribution in [1.29, 1.82) is 0 Å². The van der Waals surface area contributed by atoms with E-state index in [1.165, 1.54) is 12.1 Å². The Bertz CT molecular complexity index is 1080. The van der Waals surface area contributed by atoms with Crippen LogP contribution in [0.2, 0.25) is 0 Å². The maximum Gasteiger partial charge on any atom is 0.453 e. The highest BCUT2D eigenvalue weighted by molar-refractivity contribution is 6.07. The first-order chi connectivity index (χ1) is 14.4. The van der Waals surface area contributed by atoms with Gasteiger partial charge in [0.15, 0.2) is 6.61 Å². The van der Waals surface area contributed by atoms with E-state index < -0.39 is 57.2 Å². The number of hydrogen-bond acceptors (Lipinski definition) is 8. The number of nitrogens with zero attached hydrogens (tertiary/aromatic N) is 2. The Kier molecular flexibility index (Phi) is 6.64. The molecule has 0 spiro atoms. The molecule has 2 rings (SSSR count). The molecule has 0 fully saturated rings. The molecule has 0 aliphatic carbocycles. The fourth-order valence-electron chi connectivity index (χ4n) is 2.20. The summed E-state index contributed by atoms with van der Waals surface area (Å²) < 4.78 is 40.7. The topological polar surface area (TPSA) is 159 Å². The van der Waals surface area contributed by atoms with Gasteiger partial charge in [0.2, 0.25) is 0 Å². The zero-order chi connectivity index (χ0) is 23.3. The van der Waals surface area contributed by atoms with Crippen molar-refractivity contribution in [2.24, 2.45) is 0 Å². The van der Waals surface area contributed by atoms with E-state index in [4.69, 9.17) is 0 Å². The Morgan fingerprint density at radius 1 is 1.00 bits per heavy atom. The van der Waals surface area contributed by atoms with Crippen LogP contribution in [0.4, 0.5) is 30.2 Å². The van der Waals surface area contributed by atoms with Crippen LogP contribution < -0.4 is 5.32 Å². The number of nitro groups is 2. The Balaban J connectivity index is 2.18. The average Bonchev–Trinajstić information content (AvgIpc) is 2.70. The van der Waals surface area contributed by atoms with Crippen molar-refractivity contribution < 1.29 is 42.1 Å². The monoisotopic (exact) mass is 441 g/mol. The SMILES string of the molecule is O=C(OCC(=O)C(F)(F)F)c1cccc(NC(=O)c2ccc([N+](=O)[O-])cc2[N+](=O)[O-])c1. The molecule has 0 saturated carbocycles. The van der Waals surface area contributed by atoms with Crippen molar-refractivity contribution in [1.82, 2.24) is 0 Å². The molecule has 0 aliphatic rings. The summed E-state index contributed by atoms with van der Waals surface area (Å²) in [6.07, 6.45) is -5.17. The molecule has 14 heteroatoms. The largest absolute Gasteiger partial charge is 0.454 e. The van der Waals surface area contributed by atoms with Crippen LogP contribution in [0.3, 0.4) is 0 Å². The van der Waals surface area contributed by atoms with Gasteiger partial charge in [0, 0.05) is 11.8 Å². The van der Waals surface area contributed by atoms with Gasteiger partial charge in [-0.2, -0.15) is 13.2 Å². The summed E-state index contributed by atoms with van der Waals surface area (Å²) in [4.78, 5) is 55.0. The zero-order valence-electron chi connectivity index (χ0n) is 15.0. The maximum absolute atomic E-state index is 12.4. The fourth-order valence-corrected chi connectivity index (χ4v) is 2.20. The van der Waals surface area contributed by atoms with Crippen molar-refractivity contribution in [3.05, 3.63) is 73.8 Å². The number of benzene rings is 2. The Morgan fingerprint density at radius 3 is 2.26 bits per heavy atom. The standard InChI is InChI=1S/C17H10F3N3O8/c18-17(19,20)14(24)8-31-16(26)9-2-1-3-10(6-9)21-15(25)12-5-4-11(22(27)28)7-13(12)23(29)30/h1-7H,8H2,(H,21,25). The van der Waals surface area contributed by atoms with Gasteiger partial charge in [0.25, 0.3) is 23.1 Å². The first kappa shape index (κ1) is 22.9. The van der Waals surface area contributed by atoms with Gasteiger partial charge in [-0.25, -0.2) is 4.79 Å². The predicted molar refractivity (Wildman–Crippen MR) is 95.5 cm³/mol. The van der Waals surface area contributed by atoms with Gasteiger partial charge in [-0.15, -0.1) is 0 Å². The van der Waals surface area contributed by atoms with Gasteiger partial charge in [-0.1, -0.05) is 6.07 Å². The number of carbonyl (C=O) groups excluding carboxylic acids is 3. The Hall–Kier alpha value is -4.36. The van der Waals surface area contributed by atoms with Crippen molar-refractivity contribution >= 4 is 34.7 Å². The number of halogens is 3. The number of carbonyl (C=O) groups is 3. The molecule has 11 nitrogen and oxygen atoms in total. The van der Waals surface area contributed by atoms with Crippen LogP contribution in [0, 0.1) is 20.2 Å². The summed E-state index contributed by atoms with van der Waals surface area (Å²) >= 11 is 0. The minimum Gasteiger partial charge on any atom is -0.454 e. The number of esters is 1. The zero-order valence-corrected chi connectivity index (χ0v) is 15.0. The van der Waals surface area contributed by atoms with Crippen LogP contribution in [0.15, 0.2) is 42.5 Å². The van der Waals surface area contributed by atoms with E-state index in [2.05, 4.69) is 10.1 Å². The Labute approximate surface area is 169 Å². The summed E-state index contributed by atoms with van der Waals surface area (Å²) in [5, 5.41) is 24.1. The number of amides is 1. The van der Waals surface area contributed by atoms with E-state index in [0.717, 1.165) is 24.3 Å². The number of Topliss-reactive ketones (excluding diaryl/α,β-unsaturated/α-hetero) is 1. The molecule has 0 unspecified atom stereocenters. The molecule has 0 bridgehead atoms. The minimum atomic E-state index is -5.17. The molecular formula is C17H10F3N3O8. The normalized spacial score (nSPS) is 10.8. The van der Waals surface area contributed by atoms with Crippen molar-refractivity contribution in [3.8, 4) is 0 Å². The second-order valence-electron chi connectivity index (χ2n) is 5.75. The molecule has 0 heterocycles. The highest BCUT2D eigenvalue weighted by atomic mass is 19.4. The molecule has 2 aromatic carbocycles. The lowest BCUT2D eigenvalue weighted by molar-refractivity contribution is -0.394. The molecular weight excluding hydrogens is 431 g/mol. The number of non-ortho nitro benzene ring substituents is 1. The number of ether oxygens (including phenoxy) is 1. The maximum atomic E-state index is 12.4. The lowest BCUT2D eigenvalue weighted by Crippen LogP contribution is -2.28. The molecule has 162 valence electrons. The van der Waals surface area contributed by atoms with Crippen LogP contribution in [0.5, 0.6) is 0 Å². The number of alkyl halides is 3. The first-order valence-electron chi connectivity index (χ1n) is 8.01. The minimum absolute atomic E-state index is 0.0887. The van der Waals surface area contributed by atoms with E-state index in [9.17, 15) is 47.8 Å². The van der Waals surface area contributed by atoms with Gasteiger partial charge in [-0.3, -0.25) is 29.8 Å². The van der Waals surface area contributed by atoms with Crippen molar-refractivity contribution in [2.45, 2.75) is 6.18 Å². The number of hydrogen-bond donors (Lipinski definition) is 1. The van der Waals surface area contributed by atoms with E-state index in [1.54, 1.807) is 0 Å². The lowest BCUT2D eigenvalue weighted by atomic mass is 10.1. The molecule has 0 saturated heterocycles. The summed E-state index contributed by atoms with van der Waals surface area (Å²) in [5.41, 5.74) is -2.37. The molecule has 0 radical (unpaired) electrons. The number of ketones is 1. The van der Waals surface area contributed by atoms with Crippen LogP contribution in [-0.4, -0.2) is 40.3 Å².